The van der Waals surface area contributed by atoms with Crippen molar-refractivity contribution in [3.05, 3.63) is 38.1 Å². The lowest BCUT2D eigenvalue weighted by atomic mass is 9.72. The van der Waals surface area contributed by atoms with Gasteiger partial charge in [0, 0.05) is 14.9 Å². The molecule has 2 bridgehead atoms. The normalized spacial score (nSPS) is 23.0. The molecule has 2 N–H and O–H groups in total. The van der Waals surface area contributed by atoms with Crippen LogP contribution in [0.5, 0.6) is 0 Å². The summed E-state index contributed by atoms with van der Waals surface area (Å²) in [5.74, 6) is 0.772. The highest BCUT2D eigenvalue weighted by atomic mass is 79.9. The Hall–Kier alpha value is -1.20. The summed E-state index contributed by atoms with van der Waals surface area (Å²) in [5.41, 5.74) is 8.87. The van der Waals surface area contributed by atoms with E-state index in [1.807, 2.05) is 0 Å². The van der Waals surface area contributed by atoms with Crippen molar-refractivity contribution in [3.63, 3.8) is 0 Å². The standard InChI is InChI=1S/C14H11BrN2OS/c15-8-1-2-9-6-3-7(4-6)12-11(10(9)5-8)17-14(19-12)13(16)18/h1-2,5-7H,3-4H2,(H2,16,18). The average molecular weight is 335 g/mol. The summed E-state index contributed by atoms with van der Waals surface area (Å²) >= 11 is 4.99. The summed E-state index contributed by atoms with van der Waals surface area (Å²) in [6, 6.07) is 6.37. The van der Waals surface area contributed by atoms with Crippen molar-refractivity contribution in [2.75, 3.05) is 0 Å². The molecule has 3 aliphatic carbocycles. The number of nitrogens with two attached hydrogens (primary N) is 1. The Kier molecular flexibility index (Phi) is 2.38. The molecule has 3 aliphatic rings. The van der Waals surface area contributed by atoms with Gasteiger partial charge in [0.25, 0.3) is 5.91 Å². The number of rotatable bonds is 1. The molecule has 2 aromatic rings. The maximum absolute atomic E-state index is 11.4. The third-order valence-corrected chi connectivity index (χ3v) is 5.81. The van der Waals surface area contributed by atoms with Gasteiger partial charge in [-0.25, -0.2) is 4.98 Å². The molecule has 1 aromatic heterocycles. The van der Waals surface area contributed by atoms with Crippen LogP contribution >= 0.6 is 27.3 Å². The zero-order chi connectivity index (χ0) is 13.1. The predicted molar refractivity (Wildman–Crippen MR) is 78.5 cm³/mol. The van der Waals surface area contributed by atoms with Crippen molar-refractivity contribution in [1.82, 2.24) is 4.98 Å². The molecule has 1 fully saturated rings. The van der Waals surface area contributed by atoms with Crippen LogP contribution < -0.4 is 5.73 Å². The Morgan fingerprint density at radius 2 is 2.16 bits per heavy atom. The molecule has 1 saturated carbocycles. The Balaban J connectivity index is 2.00. The first-order chi connectivity index (χ1) is 9.13. The number of thiazole rings is 1. The summed E-state index contributed by atoms with van der Waals surface area (Å²) in [6.07, 6.45) is 2.34. The lowest BCUT2D eigenvalue weighted by molar-refractivity contribution is 0.1000. The molecule has 96 valence electrons. The number of carbonyl (C=O) groups is 1. The van der Waals surface area contributed by atoms with Gasteiger partial charge in [0.1, 0.15) is 0 Å². The number of amides is 1. The SMILES string of the molecule is NC(=O)c1nc2c(s1)C1CC(C1)c1ccc(Br)cc1-2. The highest BCUT2D eigenvalue weighted by Gasteiger charge is 2.40. The van der Waals surface area contributed by atoms with Crippen LogP contribution in [0.2, 0.25) is 0 Å². The fraction of sp³-hybridized carbons (Fsp3) is 0.286. The summed E-state index contributed by atoms with van der Waals surface area (Å²) in [4.78, 5) is 17.1. The highest BCUT2D eigenvalue weighted by Crippen LogP contribution is 2.56. The van der Waals surface area contributed by atoms with Gasteiger partial charge in [0.15, 0.2) is 5.01 Å². The summed E-state index contributed by atoms with van der Waals surface area (Å²) < 4.78 is 1.05. The van der Waals surface area contributed by atoms with Crippen LogP contribution in [0.15, 0.2) is 22.7 Å². The van der Waals surface area contributed by atoms with Crippen LogP contribution in [0.3, 0.4) is 0 Å². The van der Waals surface area contributed by atoms with Crippen molar-refractivity contribution >= 4 is 33.2 Å². The highest BCUT2D eigenvalue weighted by molar-refractivity contribution is 9.10. The van der Waals surface area contributed by atoms with Crippen molar-refractivity contribution < 1.29 is 4.79 Å². The largest absolute Gasteiger partial charge is 0.364 e. The van der Waals surface area contributed by atoms with E-state index in [1.54, 1.807) is 0 Å². The van der Waals surface area contributed by atoms with Crippen molar-refractivity contribution in [3.8, 4) is 11.3 Å². The number of hydrogen-bond donors (Lipinski definition) is 1. The number of hydrogen-bond acceptors (Lipinski definition) is 3. The monoisotopic (exact) mass is 334 g/mol. The average Bonchev–Trinajstić information content (AvgIpc) is 2.65. The lowest BCUT2D eigenvalue weighted by Crippen LogP contribution is -2.17. The number of carbonyl (C=O) groups excluding carboxylic acids is 1. The molecule has 0 aliphatic heterocycles. The van der Waals surface area contributed by atoms with Gasteiger partial charge in [-0.05, 0) is 42.4 Å². The smallest absolute Gasteiger partial charge is 0.277 e. The molecular weight excluding hydrogens is 324 g/mol. The quantitative estimate of drug-likeness (QED) is 0.865. The minimum atomic E-state index is -0.425. The second-order valence-electron chi connectivity index (χ2n) is 5.19. The van der Waals surface area contributed by atoms with E-state index in [1.165, 1.54) is 34.6 Å². The molecule has 0 atom stereocenters. The second-order valence-corrected chi connectivity index (χ2v) is 7.14. The molecule has 0 saturated heterocycles. The predicted octanol–water partition coefficient (Wildman–Crippen LogP) is 3.65. The fourth-order valence-corrected chi connectivity index (χ4v) is 4.50. The minimum absolute atomic E-state index is 0.425. The zero-order valence-electron chi connectivity index (χ0n) is 10.0. The second kappa shape index (κ2) is 3.90. The molecular formula is C14H11BrN2OS. The summed E-state index contributed by atoms with van der Waals surface area (Å²) in [5, 5.41) is 0.432. The van der Waals surface area contributed by atoms with Crippen LogP contribution in [0.4, 0.5) is 0 Å². The minimum Gasteiger partial charge on any atom is -0.364 e. The van der Waals surface area contributed by atoms with Gasteiger partial charge < -0.3 is 5.73 Å². The molecule has 1 heterocycles. The van der Waals surface area contributed by atoms with Gasteiger partial charge in [-0.3, -0.25) is 4.79 Å². The van der Waals surface area contributed by atoms with E-state index in [-0.39, 0.29) is 0 Å². The Morgan fingerprint density at radius 1 is 1.37 bits per heavy atom. The molecule has 1 aromatic carbocycles. The number of halogens is 1. The van der Waals surface area contributed by atoms with Crippen molar-refractivity contribution in [2.45, 2.75) is 24.7 Å². The molecule has 5 rings (SSSR count). The first kappa shape index (κ1) is 11.6. The third kappa shape index (κ3) is 1.61. The number of benzene rings is 1. The van der Waals surface area contributed by atoms with Gasteiger partial charge in [0.2, 0.25) is 0 Å². The maximum atomic E-state index is 11.4. The van der Waals surface area contributed by atoms with Crippen LogP contribution in [-0.4, -0.2) is 10.9 Å². The van der Waals surface area contributed by atoms with Crippen LogP contribution in [0.25, 0.3) is 11.3 Å². The van der Waals surface area contributed by atoms with Gasteiger partial charge in [0.05, 0.1) is 5.69 Å². The van der Waals surface area contributed by atoms with Crippen molar-refractivity contribution in [1.29, 1.82) is 0 Å². The molecule has 5 heteroatoms. The van der Waals surface area contributed by atoms with Gasteiger partial charge >= 0.3 is 0 Å². The molecule has 0 radical (unpaired) electrons. The van der Waals surface area contributed by atoms with E-state index in [9.17, 15) is 4.79 Å². The van der Waals surface area contributed by atoms with E-state index in [0.29, 0.717) is 16.8 Å². The zero-order valence-corrected chi connectivity index (χ0v) is 12.4. The first-order valence-corrected chi connectivity index (χ1v) is 7.85. The number of primary amides is 1. The molecule has 0 unspecified atom stereocenters. The summed E-state index contributed by atoms with van der Waals surface area (Å²) in [7, 11) is 0. The molecule has 1 amide bonds. The number of aromatic nitrogens is 1. The molecule has 3 nitrogen and oxygen atoms in total. The fourth-order valence-electron chi connectivity index (χ4n) is 3.08. The lowest BCUT2D eigenvalue weighted by Gasteiger charge is -2.33. The summed E-state index contributed by atoms with van der Waals surface area (Å²) in [6.45, 7) is 0. The van der Waals surface area contributed by atoms with E-state index in [0.717, 1.165) is 15.7 Å². The Bertz CT molecular complexity index is 703. The van der Waals surface area contributed by atoms with Gasteiger partial charge in [-0.1, -0.05) is 22.0 Å². The maximum Gasteiger partial charge on any atom is 0.277 e. The van der Waals surface area contributed by atoms with E-state index < -0.39 is 5.91 Å². The Morgan fingerprint density at radius 3 is 2.89 bits per heavy atom. The molecule has 0 spiro atoms. The van der Waals surface area contributed by atoms with E-state index >= 15 is 0 Å². The third-order valence-electron chi connectivity index (χ3n) is 4.08. The van der Waals surface area contributed by atoms with Crippen LogP contribution in [-0.2, 0) is 0 Å². The van der Waals surface area contributed by atoms with Crippen molar-refractivity contribution in [2.24, 2.45) is 5.73 Å². The van der Waals surface area contributed by atoms with E-state index in [2.05, 4.69) is 39.1 Å². The Labute approximate surface area is 123 Å². The topological polar surface area (TPSA) is 56.0 Å². The molecule has 19 heavy (non-hydrogen) atoms. The van der Waals surface area contributed by atoms with Gasteiger partial charge in [-0.2, -0.15) is 0 Å². The van der Waals surface area contributed by atoms with Gasteiger partial charge in [-0.15, -0.1) is 11.3 Å². The van der Waals surface area contributed by atoms with Crippen LogP contribution in [0, 0.1) is 0 Å². The first-order valence-electron chi connectivity index (χ1n) is 6.24. The van der Waals surface area contributed by atoms with Crippen LogP contribution in [0.1, 0.15) is 44.9 Å². The number of nitrogens with zero attached hydrogens (tertiary/aromatic N) is 1. The van der Waals surface area contributed by atoms with E-state index in [4.69, 9.17) is 5.73 Å².